The summed E-state index contributed by atoms with van der Waals surface area (Å²) in [4.78, 5) is 3.43. The number of aryl methyl sites for hydroxylation is 3. The smallest absolute Gasteiger partial charge is 0.102 e. The first kappa shape index (κ1) is 9.28. The molecule has 0 aliphatic carbocycles. The predicted octanol–water partition coefficient (Wildman–Crippen LogP) is 1.84. The van der Waals surface area contributed by atoms with Crippen LogP contribution in [0.2, 0.25) is 0 Å². The largest absolute Gasteiger partial charge is 0.358 e. The molecule has 2 aromatic rings. The fourth-order valence-corrected chi connectivity index (χ4v) is 1.99. The lowest BCUT2D eigenvalue weighted by Gasteiger charge is -2.00. The Morgan fingerprint density at radius 1 is 1.21 bits per heavy atom. The van der Waals surface area contributed by atoms with Crippen LogP contribution in [0.4, 0.5) is 0 Å². The summed E-state index contributed by atoms with van der Waals surface area (Å²) in [6, 6.07) is 4.46. The Morgan fingerprint density at radius 2 is 1.93 bits per heavy atom. The molecule has 0 atom stereocenters. The summed E-state index contributed by atoms with van der Waals surface area (Å²) in [7, 11) is 0. The van der Waals surface area contributed by atoms with Crippen molar-refractivity contribution in [2.45, 2.75) is 27.3 Å². The molecule has 2 heteroatoms. The molecule has 0 radical (unpaired) electrons. The summed E-state index contributed by atoms with van der Waals surface area (Å²) in [5.41, 5.74) is 10.5. The SMILES string of the molecule is Cc1cc(C[NH3+])c2[nH]c(C)c(C)c2c1. The molecule has 0 aliphatic rings. The summed E-state index contributed by atoms with van der Waals surface area (Å²) in [6.07, 6.45) is 0. The van der Waals surface area contributed by atoms with E-state index in [0.717, 1.165) is 6.54 Å². The summed E-state index contributed by atoms with van der Waals surface area (Å²) >= 11 is 0. The standard InChI is InChI=1S/C12H16N2/c1-7-4-10(6-13)12-11(5-7)8(2)9(3)14-12/h4-5,14H,6,13H2,1-3H3/p+1. The maximum Gasteiger partial charge on any atom is 0.102 e. The lowest BCUT2D eigenvalue weighted by atomic mass is 10.1. The van der Waals surface area contributed by atoms with Crippen LogP contribution in [-0.4, -0.2) is 4.98 Å². The zero-order valence-corrected chi connectivity index (χ0v) is 9.07. The van der Waals surface area contributed by atoms with E-state index in [1.807, 2.05) is 0 Å². The molecule has 0 fully saturated rings. The number of quaternary nitrogens is 1. The second-order valence-corrected chi connectivity index (χ2v) is 3.97. The van der Waals surface area contributed by atoms with E-state index >= 15 is 0 Å². The zero-order chi connectivity index (χ0) is 10.3. The van der Waals surface area contributed by atoms with Crippen molar-refractivity contribution in [2.75, 3.05) is 0 Å². The molecule has 0 unspecified atom stereocenters. The Bertz CT molecular complexity index is 481. The van der Waals surface area contributed by atoms with Crippen LogP contribution >= 0.6 is 0 Å². The number of hydrogen-bond donors (Lipinski definition) is 2. The summed E-state index contributed by atoms with van der Waals surface area (Å²) < 4.78 is 0. The number of fused-ring (bicyclic) bond motifs is 1. The normalized spacial score (nSPS) is 11.1. The van der Waals surface area contributed by atoms with Crippen LogP contribution in [0.5, 0.6) is 0 Å². The van der Waals surface area contributed by atoms with Crippen LogP contribution in [-0.2, 0) is 6.54 Å². The highest BCUT2D eigenvalue weighted by molar-refractivity contribution is 5.87. The van der Waals surface area contributed by atoms with Crippen molar-refractivity contribution < 1.29 is 5.73 Å². The molecule has 1 aromatic heterocycles. The highest BCUT2D eigenvalue weighted by Gasteiger charge is 2.08. The minimum absolute atomic E-state index is 0.845. The number of aromatic amines is 1. The average molecular weight is 189 g/mol. The fraction of sp³-hybridized carbons (Fsp3) is 0.333. The van der Waals surface area contributed by atoms with Gasteiger partial charge in [-0.1, -0.05) is 0 Å². The number of nitrogens with one attached hydrogen (secondary N) is 1. The molecule has 14 heavy (non-hydrogen) atoms. The lowest BCUT2D eigenvalue weighted by Crippen LogP contribution is -2.47. The van der Waals surface area contributed by atoms with Gasteiger partial charge in [0, 0.05) is 16.6 Å². The van der Waals surface area contributed by atoms with Gasteiger partial charge in [-0.25, -0.2) is 0 Å². The van der Waals surface area contributed by atoms with E-state index in [0.29, 0.717) is 0 Å². The Balaban J connectivity index is 2.87. The third-order valence-electron chi connectivity index (χ3n) is 2.91. The van der Waals surface area contributed by atoms with Crippen LogP contribution in [0.15, 0.2) is 12.1 Å². The maximum absolute atomic E-state index is 3.97. The van der Waals surface area contributed by atoms with Crippen molar-refractivity contribution in [1.29, 1.82) is 0 Å². The minimum atomic E-state index is 0.845. The van der Waals surface area contributed by atoms with Crippen molar-refractivity contribution in [3.8, 4) is 0 Å². The first-order valence-electron chi connectivity index (χ1n) is 5.01. The van der Waals surface area contributed by atoms with Crippen LogP contribution in [0.25, 0.3) is 10.9 Å². The molecule has 74 valence electrons. The minimum Gasteiger partial charge on any atom is -0.358 e. The van der Waals surface area contributed by atoms with Crippen molar-refractivity contribution >= 4 is 10.9 Å². The van der Waals surface area contributed by atoms with Gasteiger partial charge in [0.15, 0.2) is 0 Å². The summed E-state index contributed by atoms with van der Waals surface area (Å²) in [5, 5.41) is 1.35. The van der Waals surface area contributed by atoms with Gasteiger partial charge in [0.1, 0.15) is 6.54 Å². The fourth-order valence-electron chi connectivity index (χ4n) is 1.99. The molecule has 1 heterocycles. The Labute approximate surface area is 84.1 Å². The molecule has 0 saturated carbocycles. The molecule has 2 nitrogen and oxygen atoms in total. The molecule has 0 saturated heterocycles. The van der Waals surface area contributed by atoms with Gasteiger partial charge in [-0.05, 0) is 44.0 Å². The van der Waals surface area contributed by atoms with Gasteiger partial charge < -0.3 is 10.7 Å². The number of rotatable bonds is 1. The molecule has 0 amide bonds. The van der Waals surface area contributed by atoms with E-state index in [4.69, 9.17) is 0 Å². The van der Waals surface area contributed by atoms with Gasteiger partial charge in [-0.15, -0.1) is 0 Å². The topological polar surface area (TPSA) is 43.4 Å². The van der Waals surface area contributed by atoms with Gasteiger partial charge in [0.2, 0.25) is 0 Å². The number of aromatic nitrogens is 1. The van der Waals surface area contributed by atoms with Gasteiger partial charge in [-0.3, -0.25) is 0 Å². The Morgan fingerprint density at radius 3 is 2.57 bits per heavy atom. The molecule has 0 spiro atoms. The summed E-state index contributed by atoms with van der Waals surface area (Å²) in [6.45, 7) is 7.27. The van der Waals surface area contributed by atoms with Crippen molar-refractivity contribution in [3.05, 3.63) is 34.5 Å². The maximum atomic E-state index is 3.97. The lowest BCUT2D eigenvalue weighted by molar-refractivity contribution is -0.386. The van der Waals surface area contributed by atoms with E-state index in [1.165, 1.54) is 33.3 Å². The first-order valence-corrected chi connectivity index (χ1v) is 5.01. The highest BCUT2D eigenvalue weighted by atomic mass is 14.7. The predicted molar refractivity (Wildman–Crippen MR) is 59.1 cm³/mol. The van der Waals surface area contributed by atoms with Crippen LogP contribution in [0.3, 0.4) is 0 Å². The number of hydrogen-bond acceptors (Lipinski definition) is 0. The quantitative estimate of drug-likeness (QED) is 0.687. The van der Waals surface area contributed by atoms with Gasteiger partial charge in [0.25, 0.3) is 0 Å². The van der Waals surface area contributed by atoms with Gasteiger partial charge >= 0.3 is 0 Å². The van der Waals surface area contributed by atoms with E-state index in [1.54, 1.807) is 0 Å². The van der Waals surface area contributed by atoms with E-state index in [2.05, 4.69) is 43.6 Å². The van der Waals surface area contributed by atoms with E-state index < -0.39 is 0 Å². The van der Waals surface area contributed by atoms with E-state index in [9.17, 15) is 0 Å². The zero-order valence-electron chi connectivity index (χ0n) is 9.07. The van der Waals surface area contributed by atoms with Crippen LogP contribution < -0.4 is 5.73 Å². The van der Waals surface area contributed by atoms with Crippen LogP contribution in [0.1, 0.15) is 22.4 Å². The molecular weight excluding hydrogens is 172 g/mol. The molecule has 0 aliphatic heterocycles. The van der Waals surface area contributed by atoms with Crippen molar-refractivity contribution in [3.63, 3.8) is 0 Å². The highest BCUT2D eigenvalue weighted by Crippen LogP contribution is 2.25. The number of H-pyrrole nitrogens is 1. The Kier molecular flexibility index (Phi) is 2.08. The molecular formula is C12H17N2+. The first-order chi connectivity index (χ1) is 6.63. The molecule has 4 N–H and O–H groups in total. The second kappa shape index (κ2) is 3.14. The van der Waals surface area contributed by atoms with E-state index in [-0.39, 0.29) is 0 Å². The summed E-state index contributed by atoms with van der Waals surface area (Å²) in [5.74, 6) is 0. The van der Waals surface area contributed by atoms with Crippen LogP contribution in [0, 0.1) is 20.8 Å². The van der Waals surface area contributed by atoms with Gasteiger partial charge in [0.05, 0.1) is 5.52 Å². The third kappa shape index (κ3) is 1.23. The van der Waals surface area contributed by atoms with Gasteiger partial charge in [-0.2, -0.15) is 0 Å². The number of benzene rings is 1. The monoisotopic (exact) mass is 189 g/mol. The van der Waals surface area contributed by atoms with Crippen molar-refractivity contribution in [1.82, 2.24) is 4.98 Å². The molecule has 1 aromatic carbocycles. The molecule has 0 bridgehead atoms. The second-order valence-electron chi connectivity index (χ2n) is 3.97. The Hall–Kier alpha value is -1.28. The van der Waals surface area contributed by atoms with Crippen molar-refractivity contribution in [2.24, 2.45) is 0 Å². The average Bonchev–Trinajstić information content (AvgIpc) is 2.43. The third-order valence-corrected chi connectivity index (χ3v) is 2.91. The molecule has 2 rings (SSSR count).